The number of benzene rings is 1. The Bertz CT molecular complexity index is 524. The monoisotopic (exact) mass is 305 g/mol. The Morgan fingerprint density at radius 1 is 1.32 bits per heavy atom. The topological polar surface area (TPSA) is 66.8 Å². The van der Waals surface area contributed by atoms with Crippen LogP contribution in [-0.2, 0) is 4.79 Å². The molecule has 1 heterocycles. The molecule has 120 valence electrons. The van der Waals surface area contributed by atoms with Gasteiger partial charge in [-0.05, 0) is 49.4 Å². The van der Waals surface area contributed by atoms with Crippen molar-refractivity contribution in [3.05, 3.63) is 29.8 Å². The van der Waals surface area contributed by atoms with Crippen LogP contribution in [0, 0.1) is 5.92 Å². The van der Waals surface area contributed by atoms with E-state index in [0.29, 0.717) is 31.1 Å². The van der Waals surface area contributed by atoms with Crippen LogP contribution in [0.15, 0.2) is 24.3 Å². The zero-order chi connectivity index (χ0) is 16.1. The van der Waals surface area contributed by atoms with Crippen LogP contribution >= 0.6 is 0 Å². The number of hydrogen-bond donors (Lipinski definition) is 1. The third-order valence-electron chi connectivity index (χ3n) is 3.86. The summed E-state index contributed by atoms with van der Waals surface area (Å²) in [6.45, 7) is 5.43. The molecule has 1 N–H and O–H groups in total. The molecular formula is C17H23NO4. The lowest BCUT2D eigenvalue weighted by atomic mass is 10.1. The predicted octanol–water partition coefficient (Wildman–Crippen LogP) is 2.80. The highest BCUT2D eigenvalue weighted by atomic mass is 16.5. The molecule has 5 heteroatoms. The largest absolute Gasteiger partial charge is 0.494 e. The second kappa shape index (κ2) is 7.29. The summed E-state index contributed by atoms with van der Waals surface area (Å²) in [4.78, 5) is 25.0. The van der Waals surface area contributed by atoms with Gasteiger partial charge in [0.15, 0.2) is 0 Å². The maximum Gasteiger partial charge on any atom is 0.326 e. The van der Waals surface area contributed by atoms with E-state index >= 15 is 0 Å². The number of carbonyl (C=O) groups is 2. The van der Waals surface area contributed by atoms with Crippen LogP contribution < -0.4 is 4.74 Å². The SMILES string of the molecule is CC(C)CCOc1ccc(C(=O)N2CCC[C@@H]2C(=O)O)cc1. The highest BCUT2D eigenvalue weighted by Crippen LogP contribution is 2.21. The van der Waals surface area contributed by atoms with Gasteiger partial charge in [0.1, 0.15) is 11.8 Å². The molecule has 0 saturated carbocycles. The van der Waals surface area contributed by atoms with Crippen LogP contribution in [0.3, 0.4) is 0 Å². The molecule has 0 aromatic heterocycles. The van der Waals surface area contributed by atoms with Crippen molar-refractivity contribution in [1.29, 1.82) is 0 Å². The first-order chi connectivity index (χ1) is 10.5. The van der Waals surface area contributed by atoms with Gasteiger partial charge in [0.2, 0.25) is 0 Å². The molecular weight excluding hydrogens is 282 g/mol. The molecule has 1 fully saturated rings. The van der Waals surface area contributed by atoms with Crippen LogP contribution in [0.4, 0.5) is 0 Å². The van der Waals surface area contributed by atoms with Crippen LogP contribution in [-0.4, -0.2) is 41.1 Å². The molecule has 0 unspecified atom stereocenters. The van der Waals surface area contributed by atoms with E-state index < -0.39 is 12.0 Å². The molecule has 2 rings (SSSR count). The van der Waals surface area contributed by atoms with Crippen LogP contribution in [0.1, 0.15) is 43.5 Å². The Labute approximate surface area is 130 Å². The van der Waals surface area contributed by atoms with E-state index in [2.05, 4.69) is 13.8 Å². The van der Waals surface area contributed by atoms with E-state index in [1.807, 2.05) is 0 Å². The van der Waals surface area contributed by atoms with Crippen molar-refractivity contribution < 1.29 is 19.4 Å². The van der Waals surface area contributed by atoms with E-state index in [0.717, 1.165) is 18.6 Å². The van der Waals surface area contributed by atoms with E-state index in [9.17, 15) is 9.59 Å². The van der Waals surface area contributed by atoms with Gasteiger partial charge in [-0.15, -0.1) is 0 Å². The van der Waals surface area contributed by atoms with Crippen molar-refractivity contribution in [1.82, 2.24) is 4.90 Å². The number of likely N-dealkylation sites (tertiary alicyclic amines) is 1. The van der Waals surface area contributed by atoms with E-state index in [1.54, 1.807) is 24.3 Å². The molecule has 0 aliphatic carbocycles. The fourth-order valence-corrected chi connectivity index (χ4v) is 2.54. The Morgan fingerprint density at radius 3 is 2.59 bits per heavy atom. The maximum absolute atomic E-state index is 12.4. The lowest BCUT2D eigenvalue weighted by Gasteiger charge is -2.21. The summed E-state index contributed by atoms with van der Waals surface area (Å²) in [6.07, 6.45) is 2.24. The van der Waals surface area contributed by atoms with Gasteiger partial charge in [-0.2, -0.15) is 0 Å². The van der Waals surface area contributed by atoms with Gasteiger partial charge in [0.25, 0.3) is 5.91 Å². The fraction of sp³-hybridized carbons (Fsp3) is 0.529. The normalized spacial score (nSPS) is 17.8. The summed E-state index contributed by atoms with van der Waals surface area (Å²) in [5, 5.41) is 9.15. The number of amides is 1. The van der Waals surface area contributed by atoms with Crippen LogP contribution in [0.25, 0.3) is 0 Å². The molecule has 1 atom stereocenters. The Kier molecular flexibility index (Phi) is 5.41. The molecule has 0 radical (unpaired) electrons. The minimum atomic E-state index is -0.931. The van der Waals surface area contributed by atoms with E-state index in [4.69, 9.17) is 9.84 Å². The lowest BCUT2D eigenvalue weighted by molar-refractivity contribution is -0.141. The first-order valence-corrected chi connectivity index (χ1v) is 7.75. The second-order valence-corrected chi connectivity index (χ2v) is 6.05. The van der Waals surface area contributed by atoms with Crippen molar-refractivity contribution in [2.45, 2.75) is 39.2 Å². The molecule has 1 aliphatic rings. The minimum absolute atomic E-state index is 0.223. The Hall–Kier alpha value is -2.04. The van der Waals surface area contributed by atoms with Crippen molar-refractivity contribution in [2.24, 2.45) is 5.92 Å². The summed E-state index contributed by atoms with van der Waals surface area (Å²) in [5.41, 5.74) is 0.504. The van der Waals surface area contributed by atoms with Gasteiger partial charge in [0, 0.05) is 12.1 Å². The number of carbonyl (C=O) groups excluding carboxylic acids is 1. The number of carboxylic acid groups (broad SMARTS) is 1. The number of ether oxygens (including phenoxy) is 1. The van der Waals surface area contributed by atoms with Crippen LogP contribution in [0.2, 0.25) is 0 Å². The molecule has 1 saturated heterocycles. The highest BCUT2D eigenvalue weighted by molar-refractivity contribution is 5.97. The first kappa shape index (κ1) is 16.3. The molecule has 1 aromatic carbocycles. The second-order valence-electron chi connectivity index (χ2n) is 6.05. The summed E-state index contributed by atoms with van der Waals surface area (Å²) in [7, 11) is 0. The Morgan fingerprint density at radius 2 is 2.00 bits per heavy atom. The summed E-state index contributed by atoms with van der Waals surface area (Å²) in [5.74, 6) is 0.162. The van der Waals surface area contributed by atoms with Gasteiger partial charge in [0.05, 0.1) is 6.61 Å². The highest BCUT2D eigenvalue weighted by Gasteiger charge is 2.34. The van der Waals surface area contributed by atoms with Gasteiger partial charge in [-0.3, -0.25) is 4.79 Å². The van der Waals surface area contributed by atoms with Gasteiger partial charge in [-0.1, -0.05) is 13.8 Å². The number of hydrogen-bond acceptors (Lipinski definition) is 3. The molecule has 1 amide bonds. The third kappa shape index (κ3) is 4.00. The quantitative estimate of drug-likeness (QED) is 0.877. The van der Waals surface area contributed by atoms with Crippen molar-refractivity contribution in [3.63, 3.8) is 0 Å². The molecule has 0 spiro atoms. The van der Waals surface area contributed by atoms with E-state index in [-0.39, 0.29) is 5.91 Å². The van der Waals surface area contributed by atoms with Crippen molar-refractivity contribution >= 4 is 11.9 Å². The zero-order valence-corrected chi connectivity index (χ0v) is 13.1. The summed E-state index contributed by atoms with van der Waals surface area (Å²) < 4.78 is 5.62. The standard InChI is InChI=1S/C17H23NO4/c1-12(2)9-11-22-14-7-5-13(6-8-14)16(19)18-10-3-4-15(18)17(20)21/h5-8,12,15H,3-4,9-11H2,1-2H3,(H,20,21)/t15-/m1/s1. The van der Waals surface area contributed by atoms with Crippen LogP contribution in [0.5, 0.6) is 5.75 Å². The average Bonchev–Trinajstić information content (AvgIpc) is 2.96. The number of nitrogens with zero attached hydrogens (tertiary/aromatic N) is 1. The van der Waals surface area contributed by atoms with E-state index in [1.165, 1.54) is 4.90 Å². The van der Waals surface area contributed by atoms with Gasteiger partial charge < -0.3 is 14.7 Å². The lowest BCUT2D eigenvalue weighted by Crippen LogP contribution is -2.40. The minimum Gasteiger partial charge on any atom is -0.494 e. The fourth-order valence-electron chi connectivity index (χ4n) is 2.54. The van der Waals surface area contributed by atoms with Crippen molar-refractivity contribution in [3.8, 4) is 5.75 Å². The molecule has 5 nitrogen and oxygen atoms in total. The van der Waals surface area contributed by atoms with Gasteiger partial charge in [-0.25, -0.2) is 4.79 Å². The zero-order valence-electron chi connectivity index (χ0n) is 13.1. The Balaban J connectivity index is 1.97. The number of aliphatic carboxylic acids is 1. The van der Waals surface area contributed by atoms with Crippen molar-refractivity contribution in [2.75, 3.05) is 13.2 Å². The van der Waals surface area contributed by atoms with Gasteiger partial charge >= 0.3 is 5.97 Å². The molecule has 1 aliphatic heterocycles. The number of rotatable bonds is 6. The molecule has 1 aromatic rings. The third-order valence-corrected chi connectivity index (χ3v) is 3.86. The molecule has 22 heavy (non-hydrogen) atoms. The first-order valence-electron chi connectivity index (χ1n) is 7.75. The average molecular weight is 305 g/mol. The number of carboxylic acids is 1. The molecule has 0 bridgehead atoms. The predicted molar refractivity (Wildman–Crippen MR) is 83.1 cm³/mol. The maximum atomic E-state index is 12.4. The summed E-state index contributed by atoms with van der Waals surface area (Å²) in [6, 6.07) is 6.22. The summed E-state index contributed by atoms with van der Waals surface area (Å²) >= 11 is 0. The smallest absolute Gasteiger partial charge is 0.326 e.